The van der Waals surface area contributed by atoms with E-state index in [1.807, 2.05) is 23.5 Å². The normalized spacial score (nSPS) is 17.4. The van der Waals surface area contributed by atoms with Crippen molar-refractivity contribution in [2.45, 2.75) is 57.7 Å². The number of aryl methyl sites for hydroxylation is 1. The topological polar surface area (TPSA) is 54.7 Å². The number of aliphatic imine (C=N–C) groups is 1. The number of guanidine groups is 1. The third-order valence-electron chi connectivity index (χ3n) is 4.96. The first-order chi connectivity index (χ1) is 12.9. The molecule has 0 aliphatic carbocycles. The van der Waals surface area contributed by atoms with Crippen LogP contribution < -0.4 is 5.32 Å². The maximum Gasteiger partial charge on any atom is 0.194 e. The highest BCUT2D eigenvalue weighted by atomic mass is 32.2. The lowest BCUT2D eigenvalue weighted by Crippen LogP contribution is -2.41. The number of nitrogens with one attached hydrogen (secondary N) is 1. The predicted octanol–water partition coefficient (Wildman–Crippen LogP) is 3.24. The zero-order valence-corrected chi connectivity index (χ0v) is 18.7. The average Bonchev–Trinajstić information content (AvgIpc) is 3.00. The van der Waals surface area contributed by atoms with Gasteiger partial charge in [0.25, 0.3) is 0 Å². The number of aromatic nitrogens is 2. The van der Waals surface area contributed by atoms with Gasteiger partial charge in [0.15, 0.2) is 5.96 Å². The maximum absolute atomic E-state index is 5.59. The van der Waals surface area contributed by atoms with Crippen LogP contribution in [0.25, 0.3) is 0 Å². The van der Waals surface area contributed by atoms with Gasteiger partial charge in [-0.3, -0.25) is 9.67 Å². The summed E-state index contributed by atoms with van der Waals surface area (Å²) < 4.78 is 7.72. The molecule has 1 fully saturated rings. The molecule has 1 N–H and O–H groups in total. The van der Waals surface area contributed by atoms with Gasteiger partial charge in [-0.2, -0.15) is 16.9 Å². The number of nitrogens with zero attached hydrogens (tertiary/aromatic N) is 4. The monoisotopic (exact) mass is 395 g/mol. The van der Waals surface area contributed by atoms with Crippen molar-refractivity contribution in [3.05, 3.63) is 17.5 Å². The van der Waals surface area contributed by atoms with Gasteiger partial charge in [0, 0.05) is 56.9 Å². The highest BCUT2D eigenvalue weighted by molar-refractivity contribution is 8.00. The van der Waals surface area contributed by atoms with Crippen LogP contribution >= 0.6 is 11.8 Å². The molecule has 0 saturated carbocycles. The molecule has 0 atom stereocenters. The second kappa shape index (κ2) is 10.4. The number of hydrogen-bond acceptors (Lipinski definition) is 4. The zero-order valence-electron chi connectivity index (χ0n) is 17.9. The van der Waals surface area contributed by atoms with E-state index in [2.05, 4.69) is 56.3 Å². The maximum atomic E-state index is 5.59. The Hall–Kier alpha value is -1.21. The second-order valence-corrected chi connectivity index (χ2v) is 9.35. The Bertz CT molecular complexity index is 602. The van der Waals surface area contributed by atoms with Crippen LogP contribution in [0, 0.1) is 0 Å². The summed E-state index contributed by atoms with van der Waals surface area (Å²) in [4.78, 5) is 7.25. The summed E-state index contributed by atoms with van der Waals surface area (Å²) in [6.45, 7) is 13.0. The van der Waals surface area contributed by atoms with Crippen molar-refractivity contribution in [2.24, 2.45) is 12.0 Å². The lowest BCUT2D eigenvalue weighted by molar-refractivity contribution is 0.0793. The Morgan fingerprint density at radius 2 is 2.11 bits per heavy atom. The highest BCUT2D eigenvalue weighted by Crippen LogP contribution is 2.35. The van der Waals surface area contributed by atoms with Gasteiger partial charge >= 0.3 is 0 Å². The first-order valence-corrected chi connectivity index (χ1v) is 11.1. The number of ether oxygens (including phenoxy) is 1. The molecule has 2 rings (SSSR count). The van der Waals surface area contributed by atoms with Crippen LogP contribution in [0.5, 0.6) is 0 Å². The van der Waals surface area contributed by atoms with Gasteiger partial charge in [0.2, 0.25) is 0 Å². The Balaban J connectivity index is 2.13. The van der Waals surface area contributed by atoms with Crippen LogP contribution in [0.4, 0.5) is 0 Å². The minimum Gasteiger partial charge on any atom is -0.381 e. The molecule has 2 heterocycles. The predicted molar refractivity (Wildman–Crippen MR) is 116 cm³/mol. The molecule has 1 aromatic heterocycles. The molecule has 1 aliphatic heterocycles. The second-order valence-electron chi connectivity index (χ2n) is 7.62. The molecule has 0 aromatic carbocycles. The summed E-state index contributed by atoms with van der Waals surface area (Å²) in [6, 6.07) is 0. The first-order valence-electron chi connectivity index (χ1n) is 10.1. The minimum absolute atomic E-state index is 0.214. The summed E-state index contributed by atoms with van der Waals surface area (Å²) in [7, 11) is 4.10. The number of rotatable bonds is 8. The van der Waals surface area contributed by atoms with E-state index in [9.17, 15) is 0 Å². The number of hydrogen-bond donors (Lipinski definition) is 1. The largest absolute Gasteiger partial charge is 0.381 e. The molecule has 1 aromatic rings. The van der Waals surface area contributed by atoms with Crippen molar-refractivity contribution in [1.82, 2.24) is 20.0 Å². The highest BCUT2D eigenvalue weighted by Gasteiger charge is 2.32. The van der Waals surface area contributed by atoms with Crippen LogP contribution in [-0.2, 0) is 18.3 Å². The van der Waals surface area contributed by atoms with Crippen molar-refractivity contribution < 1.29 is 4.74 Å². The molecular weight excluding hydrogens is 358 g/mol. The van der Waals surface area contributed by atoms with E-state index in [1.165, 1.54) is 11.3 Å². The van der Waals surface area contributed by atoms with Gasteiger partial charge in [-0.1, -0.05) is 20.8 Å². The average molecular weight is 396 g/mol. The van der Waals surface area contributed by atoms with E-state index in [4.69, 9.17) is 9.73 Å². The van der Waals surface area contributed by atoms with Crippen LogP contribution in [0.3, 0.4) is 0 Å². The molecule has 0 unspecified atom stereocenters. The third-order valence-corrected chi connectivity index (χ3v) is 6.40. The van der Waals surface area contributed by atoms with E-state index < -0.39 is 0 Å². The van der Waals surface area contributed by atoms with E-state index in [0.717, 1.165) is 57.4 Å². The fraction of sp³-hybridized carbons (Fsp3) is 0.800. The van der Waals surface area contributed by atoms with Gasteiger partial charge in [-0.25, -0.2) is 0 Å². The SMILES string of the molecule is CCNC(=NCC1(SCC)CCOCC1)N(C)Cc1cn(C)nc1C(C)C. The molecule has 0 amide bonds. The Labute approximate surface area is 169 Å². The standard InChI is InChI=1S/C20H37N5OS/c1-7-21-19(22-15-20(27-8-2)9-11-26-12-10-20)24(5)13-17-14-25(6)23-18(17)16(3)4/h14,16H,7-13,15H2,1-6H3,(H,21,22). The van der Waals surface area contributed by atoms with E-state index in [0.29, 0.717) is 5.92 Å². The van der Waals surface area contributed by atoms with Crippen LogP contribution in [-0.4, -0.2) is 64.5 Å². The first kappa shape index (κ1) is 22.1. The fourth-order valence-corrected chi connectivity index (χ4v) is 4.80. The molecule has 0 radical (unpaired) electrons. The van der Waals surface area contributed by atoms with E-state index in [-0.39, 0.29) is 4.75 Å². The summed E-state index contributed by atoms with van der Waals surface area (Å²) in [5.41, 5.74) is 2.44. The zero-order chi connectivity index (χ0) is 19.9. The van der Waals surface area contributed by atoms with Gasteiger partial charge in [0.05, 0.1) is 12.2 Å². The molecule has 154 valence electrons. The van der Waals surface area contributed by atoms with Crippen molar-refractivity contribution in [1.29, 1.82) is 0 Å². The number of thioether (sulfide) groups is 1. The van der Waals surface area contributed by atoms with E-state index >= 15 is 0 Å². The fourth-order valence-electron chi connectivity index (χ4n) is 3.58. The van der Waals surface area contributed by atoms with Gasteiger partial charge < -0.3 is 15.0 Å². The van der Waals surface area contributed by atoms with E-state index in [1.54, 1.807) is 0 Å². The quantitative estimate of drug-likeness (QED) is 0.541. The Morgan fingerprint density at radius 3 is 2.70 bits per heavy atom. The molecule has 1 aliphatic rings. The third kappa shape index (κ3) is 6.14. The summed E-state index contributed by atoms with van der Waals surface area (Å²) in [5, 5.41) is 8.10. The molecule has 27 heavy (non-hydrogen) atoms. The summed E-state index contributed by atoms with van der Waals surface area (Å²) >= 11 is 2.04. The van der Waals surface area contributed by atoms with Gasteiger partial charge in [-0.15, -0.1) is 0 Å². The molecule has 6 nitrogen and oxygen atoms in total. The molecule has 0 bridgehead atoms. The smallest absolute Gasteiger partial charge is 0.194 e. The van der Waals surface area contributed by atoms with Crippen molar-refractivity contribution in [3.8, 4) is 0 Å². The lowest BCUT2D eigenvalue weighted by atomic mass is 9.99. The van der Waals surface area contributed by atoms with Crippen LogP contribution in [0.15, 0.2) is 11.2 Å². The van der Waals surface area contributed by atoms with Crippen molar-refractivity contribution in [2.75, 3.05) is 39.1 Å². The van der Waals surface area contributed by atoms with Crippen molar-refractivity contribution >= 4 is 17.7 Å². The Morgan fingerprint density at radius 1 is 1.41 bits per heavy atom. The molecule has 0 spiro atoms. The van der Waals surface area contributed by atoms with Crippen LogP contribution in [0.1, 0.15) is 57.7 Å². The Kier molecular flexibility index (Phi) is 8.48. The van der Waals surface area contributed by atoms with Crippen molar-refractivity contribution in [3.63, 3.8) is 0 Å². The van der Waals surface area contributed by atoms with Gasteiger partial charge in [0.1, 0.15) is 0 Å². The molecule has 7 heteroatoms. The van der Waals surface area contributed by atoms with Gasteiger partial charge in [-0.05, 0) is 31.4 Å². The summed E-state index contributed by atoms with van der Waals surface area (Å²) in [5.74, 6) is 2.51. The summed E-state index contributed by atoms with van der Waals surface area (Å²) in [6.07, 6.45) is 4.29. The van der Waals surface area contributed by atoms with Crippen LogP contribution in [0.2, 0.25) is 0 Å². The minimum atomic E-state index is 0.214. The lowest BCUT2D eigenvalue weighted by Gasteiger charge is -2.35. The molecule has 1 saturated heterocycles. The molecular formula is C20H37N5OS.